The van der Waals surface area contributed by atoms with Crippen molar-refractivity contribution in [3.05, 3.63) is 89.3 Å². The van der Waals surface area contributed by atoms with Gasteiger partial charge in [0.15, 0.2) is 0 Å². The molecule has 4 aromatic rings. The van der Waals surface area contributed by atoms with Gasteiger partial charge in [0, 0.05) is 65.2 Å². The normalized spacial score (nSPS) is 16.2. The number of aromatic nitrogens is 1. The fraction of sp³-hybridized carbons (Fsp3) is 0.138. The van der Waals surface area contributed by atoms with Crippen LogP contribution >= 0.6 is 11.3 Å². The Labute approximate surface area is 213 Å². The number of hydrogen-bond acceptors (Lipinski definition) is 5. The maximum Gasteiger partial charge on any atom is 0.256 e. The third-order valence-corrected chi connectivity index (χ3v) is 7.55. The van der Waals surface area contributed by atoms with Crippen molar-refractivity contribution in [3.8, 4) is 21.8 Å². The molecule has 0 bridgehead atoms. The van der Waals surface area contributed by atoms with Gasteiger partial charge in [-0.1, -0.05) is 48.5 Å². The fourth-order valence-corrected chi connectivity index (χ4v) is 5.48. The molecule has 0 saturated carbocycles. The summed E-state index contributed by atoms with van der Waals surface area (Å²) in [5.41, 5.74) is 7.43. The molecule has 0 aliphatic carbocycles. The maximum absolute atomic E-state index is 12.8. The number of nitrogens with zero attached hydrogens (tertiary/aromatic N) is 3. The fourth-order valence-electron chi connectivity index (χ4n) is 4.64. The summed E-state index contributed by atoms with van der Waals surface area (Å²) in [6.45, 7) is 3.11. The number of amides is 2. The average molecular weight is 493 g/mol. The zero-order valence-electron chi connectivity index (χ0n) is 19.6. The highest BCUT2D eigenvalue weighted by Crippen LogP contribution is 2.37. The Hall–Kier alpha value is -4.23. The lowest BCUT2D eigenvalue weighted by Gasteiger charge is -2.34. The number of piperazine rings is 1. The molecular formula is C29H24N4O2S. The van der Waals surface area contributed by atoms with Crippen LogP contribution in [-0.2, 0) is 9.59 Å². The minimum atomic E-state index is -0.0977. The van der Waals surface area contributed by atoms with Crippen molar-refractivity contribution < 1.29 is 9.59 Å². The van der Waals surface area contributed by atoms with Gasteiger partial charge in [-0.3, -0.25) is 9.59 Å². The van der Waals surface area contributed by atoms with Gasteiger partial charge in [0.05, 0.1) is 5.69 Å². The molecule has 1 saturated heterocycles. The lowest BCUT2D eigenvalue weighted by Crippen LogP contribution is -2.45. The monoisotopic (exact) mass is 492 g/mol. The van der Waals surface area contributed by atoms with E-state index in [0.29, 0.717) is 5.57 Å². The van der Waals surface area contributed by atoms with Crippen LogP contribution in [0.2, 0.25) is 0 Å². The summed E-state index contributed by atoms with van der Waals surface area (Å²) in [5, 5.41) is 6.02. The number of anilines is 2. The molecule has 36 heavy (non-hydrogen) atoms. The summed E-state index contributed by atoms with van der Waals surface area (Å²) in [7, 11) is 0. The Kier molecular flexibility index (Phi) is 5.83. The molecule has 3 heterocycles. The first-order valence-corrected chi connectivity index (χ1v) is 12.8. The quantitative estimate of drug-likeness (QED) is 0.305. The van der Waals surface area contributed by atoms with Crippen LogP contribution in [0.5, 0.6) is 0 Å². The first kappa shape index (κ1) is 22.2. The number of benzene rings is 3. The maximum atomic E-state index is 12.8. The van der Waals surface area contributed by atoms with Gasteiger partial charge in [-0.15, -0.1) is 11.3 Å². The Balaban J connectivity index is 1.25. The molecule has 2 aliphatic heterocycles. The van der Waals surface area contributed by atoms with Gasteiger partial charge in [-0.25, -0.2) is 4.98 Å². The van der Waals surface area contributed by atoms with Crippen molar-refractivity contribution in [2.45, 2.75) is 0 Å². The van der Waals surface area contributed by atoms with E-state index in [1.807, 2.05) is 54.6 Å². The van der Waals surface area contributed by atoms with Crippen molar-refractivity contribution in [1.82, 2.24) is 9.88 Å². The molecule has 6 rings (SSSR count). The number of carbonyl (C=O) groups excluding carboxylic acids is 2. The van der Waals surface area contributed by atoms with Crippen molar-refractivity contribution in [1.29, 1.82) is 0 Å². The van der Waals surface area contributed by atoms with Crippen molar-refractivity contribution in [2.24, 2.45) is 0 Å². The smallest absolute Gasteiger partial charge is 0.256 e. The molecule has 1 aromatic heterocycles. The molecule has 1 fully saturated rings. The first-order valence-electron chi connectivity index (χ1n) is 11.9. The van der Waals surface area contributed by atoms with Crippen LogP contribution in [0.4, 0.5) is 11.4 Å². The standard InChI is InChI=1S/C29H24N4O2S/c34-19-32-12-14-33(15-13-32)23-9-6-20(7-10-23)16-25-24-17-22(8-11-26(24)30-28(25)35)27-18-36-29(31-27)21-4-2-1-3-5-21/h1-11,16-19H,12-15H2,(H,30,35)/b25-16-. The molecule has 0 radical (unpaired) electrons. The third-order valence-electron chi connectivity index (χ3n) is 6.66. The third kappa shape index (κ3) is 4.29. The summed E-state index contributed by atoms with van der Waals surface area (Å²) < 4.78 is 0. The highest BCUT2D eigenvalue weighted by atomic mass is 32.1. The molecule has 178 valence electrons. The van der Waals surface area contributed by atoms with Crippen LogP contribution in [-0.4, -0.2) is 48.4 Å². The number of nitrogens with one attached hydrogen (secondary N) is 1. The lowest BCUT2D eigenvalue weighted by molar-refractivity contribution is -0.118. The predicted octanol–water partition coefficient (Wildman–Crippen LogP) is 5.25. The molecule has 1 N–H and O–H groups in total. The summed E-state index contributed by atoms with van der Waals surface area (Å²) in [4.78, 5) is 32.7. The Morgan fingerprint density at radius 1 is 0.889 bits per heavy atom. The SMILES string of the molecule is O=CN1CCN(c2ccc(/C=C3\C(=O)Nc4ccc(-c5csc(-c6ccccc6)n5)cc43)cc2)CC1. The van der Waals surface area contributed by atoms with Gasteiger partial charge in [0.1, 0.15) is 5.01 Å². The van der Waals surface area contributed by atoms with Crippen LogP contribution in [0.3, 0.4) is 0 Å². The zero-order chi connectivity index (χ0) is 24.5. The second-order valence-electron chi connectivity index (χ2n) is 8.90. The Morgan fingerprint density at radius 3 is 2.42 bits per heavy atom. The van der Waals surface area contributed by atoms with Gasteiger partial charge in [0.25, 0.3) is 5.91 Å². The summed E-state index contributed by atoms with van der Waals surface area (Å²) in [6, 6.07) is 24.4. The lowest BCUT2D eigenvalue weighted by atomic mass is 10.0. The molecular weight excluding hydrogens is 468 g/mol. The van der Waals surface area contributed by atoms with Crippen LogP contribution in [0.15, 0.2) is 78.2 Å². The van der Waals surface area contributed by atoms with Gasteiger partial charge in [-0.05, 0) is 35.9 Å². The van der Waals surface area contributed by atoms with E-state index in [-0.39, 0.29) is 5.91 Å². The van der Waals surface area contributed by atoms with Crippen LogP contribution < -0.4 is 10.2 Å². The summed E-state index contributed by atoms with van der Waals surface area (Å²) in [5.74, 6) is -0.0977. The molecule has 3 aromatic carbocycles. The number of thiazole rings is 1. The van der Waals surface area contributed by atoms with Crippen LogP contribution in [0.25, 0.3) is 33.5 Å². The zero-order valence-corrected chi connectivity index (χ0v) is 20.4. The first-order chi connectivity index (χ1) is 17.7. The average Bonchev–Trinajstić information content (AvgIpc) is 3.54. The second-order valence-corrected chi connectivity index (χ2v) is 9.75. The minimum Gasteiger partial charge on any atom is -0.368 e. The molecule has 2 aliphatic rings. The van der Waals surface area contributed by atoms with E-state index in [4.69, 9.17) is 4.98 Å². The van der Waals surface area contributed by atoms with Gasteiger partial charge >= 0.3 is 0 Å². The highest BCUT2D eigenvalue weighted by Gasteiger charge is 2.25. The highest BCUT2D eigenvalue weighted by molar-refractivity contribution is 7.13. The number of carbonyl (C=O) groups is 2. The van der Waals surface area contributed by atoms with Crippen molar-refractivity contribution in [2.75, 3.05) is 36.4 Å². The molecule has 0 atom stereocenters. The Morgan fingerprint density at radius 2 is 1.67 bits per heavy atom. The van der Waals surface area contributed by atoms with Crippen LogP contribution in [0, 0.1) is 0 Å². The van der Waals surface area contributed by atoms with E-state index in [2.05, 4.69) is 39.9 Å². The molecule has 0 unspecified atom stereocenters. The van der Waals surface area contributed by atoms with E-state index in [1.165, 1.54) is 0 Å². The summed E-state index contributed by atoms with van der Waals surface area (Å²) >= 11 is 1.62. The largest absolute Gasteiger partial charge is 0.368 e. The summed E-state index contributed by atoms with van der Waals surface area (Å²) in [6.07, 6.45) is 2.86. The molecule has 6 nitrogen and oxygen atoms in total. The molecule has 0 spiro atoms. The van der Waals surface area contributed by atoms with Gasteiger partial charge in [0.2, 0.25) is 6.41 Å². The van der Waals surface area contributed by atoms with E-state index < -0.39 is 0 Å². The Bertz CT molecular complexity index is 1450. The van der Waals surface area contributed by atoms with E-state index in [9.17, 15) is 9.59 Å². The molecule has 7 heteroatoms. The second kappa shape index (κ2) is 9.43. The minimum absolute atomic E-state index is 0.0977. The van der Waals surface area contributed by atoms with Crippen molar-refractivity contribution in [3.63, 3.8) is 0 Å². The van der Waals surface area contributed by atoms with Crippen molar-refractivity contribution >= 4 is 46.7 Å². The number of fused-ring (bicyclic) bond motifs is 1. The van der Waals surface area contributed by atoms with E-state index in [0.717, 1.165) is 76.9 Å². The molecule has 2 amide bonds. The number of rotatable bonds is 5. The van der Waals surface area contributed by atoms with Gasteiger partial charge < -0.3 is 15.1 Å². The van der Waals surface area contributed by atoms with Crippen LogP contribution in [0.1, 0.15) is 11.1 Å². The predicted molar refractivity (Wildman–Crippen MR) is 146 cm³/mol. The number of hydrogen-bond donors (Lipinski definition) is 1. The van der Waals surface area contributed by atoms with Gasteiger partial charge in [-0.2, -0.15) is 0 Å². The van der Waals surface area contributed by atoms with E-state index >= 15 is 0 Å². The van der Waals surface area contributed by atoms with E-state index in [1.54, 1.807) is 16.2 Å². The topological polar surface area (TPSA) is 65.5 Å².